The Bertz CT molecular complexity index is 1030. The number of carboxylic acid groups (broad SMARTS) is 1. The molecule has 0 aromatic heterocycles. The standard InChI is InChI=1S/C28H34N2O5/c1-3-18(2)26(27(33)30(16-25(31)32)19-10-4-5-11-19)29-28(34)35-17-24-22-14-8-6-12-20(22)21-13-7-9-15-23(21)24/h6-9,12-15,18-19,24,26H,3-5,10-11,16-17H2,1-2H3,(H,29,34)(H,31,32)/t18-,26-/m0/s1. The van der Waals surface area contributed by atoms with Gasteiger partial charge >= 0.3 is 12.1 Å². The first-order valence-corrected chi connectivity index (χ1v) is 12.5. The number of nitrogens with one attached hydrogen (secondary N) is 1. The Labute approximate surface area is 206 Å². The van der Waals surface area contributed by atoms with Crippen LogP contribution in [0.4, 0.5) is 4.79 Å². The van der Waals surface area contributed by atoms with Crippen LogP contribution in [0, 0.1) is 5.92 Å². The molecule has 2 amide bonds. The van der Waals surface area contributed by atoms with Gasteiger partial charge in [0.05, 0.1) is 0 Å². The van der Waals surface area contributed by atoms with E-state index in [-0.39, 0.29) is 36.9 Å². The number of rotatable bonds is 9. The monoisotopic (exact) mass is 478 g/mol. The molecule has 2 atom stereocenters. The van der Waals surface area contributed by atoms with Crippen molar-refractivity contribution in [1.82, 2.24) is 10.2 Å². The van der Waals surface area contributed by atoms with Crippen molar-refractivity contribution in [2.75, 3.05) is 13.2 Å². The molecule has 0 spiro atoms. The third-order valence-electron chi connectivity index (χ3n) is 7.45. The molecule has 7 heteroatoms. The SMILES string of the molecule is CC[C@H](C)[C@H](NC(=O)OCC1c2ccccc2-c2ccccc21)C(=O)N(CC(=O)O)C1CCCC1. The number of ether oxygens (including phenoxy) is 1. The van der Waals surface area contributed by atoms with Crippen LogP contribution in [-0.2, 0) is 14.3 Å². The fourth-order valence-electron chi connectivity index (χ4n) is 5.38. The predicted octanol–water partition coefficient (Wildman–Crippen LogP) is 4.80. The molecular formula is C28H34N2O5. The molecule has 2 aromatic rings. The van der Waals surface area contributed by atoms with Crippen LogP contribution in [0.2, 0.25) is 0 Å². The van der Waals surface area contributed by atoms with E-state index in [1.54, 1.807) is 0 Å². The van der Waals surface area contributed by atoms with E-state index in [1.165, 1.54) is 4.90 Å². The van der Waals surface area contributed by atoms with Crippen molar-refractivity contribution >= 4 is 18.0 Å². The third-order valence-corrected chi connectivity index (χ3v) is 7.45. The lowest BCUT2D eigenvalue weighted by Crippen LogP contribution is -2.55. The highest BCUT2D eigenvalue weighted by Crippen LogP contribution is 2.44. The Morgan fingerprint density at radius 2 is 1.60 bits per heavy atom. The van der Waals surface area contributed by atoms with Gasteiger partial charge in [-0.25, -0.2) is 4.79 Å². The molecule has 0 unspecified atom stereocenters. The Morgan fingerprint density at radius 3 is 2.14 bits per heavy atom. The normalized spacial score (nSPS) is 16.7. The van der Waals surface area contributed by atoms with E-state index in [4.69, 9.17) is 4.74 Å². The summed E-state index contributed by atoms with van der Waals surface area (Å²) in [6, 6.07) is 15.3. The quantitative estimate of drug-likeness (QED) is 0.540. The lowest BCUT2D eigenvalue weighted by molar-refractivity contribution is -0.147. The first-order chi connectivity index (χ1) is 16.9. The molecule has 7 nitrogen and oxygen atoms in total. The lowest BCUT2D eigenvalue weighted by atomic mass is 9.97. The summed E-state index contributed by atoms with van der Waals surface area (Å²) in [5.74, 6) is -1.63. The van der Waals surface area contributed by atoms with Gasteiger partial charge in [0.2, 0.25) is 5.91 Å². The van der Waals surface area contributed by atoms with Gasteiger partial charge in [-0.05, 0) is 41.0 Å². The van der Waals surface area contributed by atoms with E-state index < -0.39 is 18.1 Å². The second kappa shape index (κ2) is 10.9. The molecule has 2 aliphatic carbocycles. The van der Waals surface area contributed by atoms with Gasteiger partial charge in [-0.15, -0.1) is 0 Å². The van der Waals surface area contributed by atoms with Crippen molar-refractivity contribution < 1.29 is 24.2 Å². The zero-order valence-corrected chi connectivity index (χ0v) is 20.4. The van der Waals surface area contributed by atoms with Crippen molar-refractivity contribution in [3.8, 4) is 11.1 Å². The van der Waals surface area contributed by atoms with Crippen molar-refractivity contribution in [1.29, 1.82) is 0 Å². The predicted molar refractivity (Wildman–Crippen MR) is 133 cm³/mol. The summed E-state index contributed by atoms with van der Waals surface area (Å²) in [5.41, 5.74) is 4.52. The second-order valence-electron chi connectivity index (χ2n) is 9.63. The van der Waals surface area contributed by atoms with E-state index in [0.717, 1.165) is 47.9 Å². The zero-order valence-electron chi connectivity index (χ0n) is 20.4. The van der Waals surface area contributed by atoms with Crippen LogP contribution in [0.1, 0.15) is 63.0 Å². The fourth-order valence-corrected chi connectivity index (χ4v) is 5.38. The van der Waals surface area contributed by atoms with Crippen LogP contribution in [0.15, 0.2) is 48.5 Å². The maximum Gasteiger partial charge on any atom is 0.407 e. The van der Waals surface area contributed by atoms with Crippen LogP contribution in [0.3, 0.4) is 0 Å². The molecule has 0 heterocycles. The maximum absolute atomic E-state index is 13.5. The van der Waals surface area contributed by atoms with Crippen molar-refractivity contribution in [2.24, 2.45) is 5.92 Å². The van der Waals surface area contributed by atoms with Crippen molar-refractivity contribution in [3.05, 3.63) is 59.7 Å². The average Bonchev–Trinajstić information content (AvgIpc) is 3.50. The number of hydrogen-bond acceptors (Lipinski definition) is 4. The molecular weight excluding hydrogens is 444 g/mol. The van der Waals surface area contributed by atoms with E-state index in [1.807, 2.05) is 38.1 Å². The molecule has 35 heavy (non-hydrogen) atoms. The maximum atomic E-state index is 13.5. The summed E-state index contributed by atoms with van der Waals surface area (Å²) >= 11 is 0. The molecule has 0 aliphatic heterocycles. The number of nitrogens with zero attached hydrogens (tertiary/aromatic N) is 1. The van der Waals surface area contributed by atoms with Crippen molar-refractivity contribution in [3.63, 3.8) is 0 Å². The van der Waals surface area contributed by atoms with E-state index in [0.29, 0.717) is 6.42 Å². The molecule has 1 saturated carbocycles. The van der Waals surface area contributed by atoms with Gasteiger partial charge in [0.1, 0.15) is 19.2 Å². The van der Waals surface area contributed by atoms with E-state index in [2.05, 4.69) is 29.6 Å². The van der Waals surface area contributed by atoms with E-state index >= 15 is 0 Å². The zero-order chi connectivity index (χ0) is 24.9. The first kappa shape index (κ1) is 24.8. The average molecular weight is 479 g/mol. The van der Waals surface area contributed by atoms with Gasteiger partial charge in [0, 0.05) is 12.0 Å². The van der Waals surface area contributed by atoms with Gasteiger partial charge in [0.15, 0.2) is 0 Å². The lowest BCUT2D eigenvalue weighted by Gasteiger charge is -2.33. The highest BCUT2D eigenvalue weighted by Gasteiger charge is 2.36. The molecule has 2 N–H and O–H groups in total. The van der Waals surface area contributed by atoms with Crippen LogP contribution < -0.4 is 5.32 Å². The van der Waals surface area contributed by atoms with Gasteiger partial charge in [0.25, 0.3) is 0 Å². The smallest absolute Gasteiger partial charge is 0.407 e. The largest absolute Gasteiger partial charge is 0.480 e. The number of alkyl carbamates (subject to hydrolysis) is 1. The minimum absolute atomic E-state index is 0.0760. The number of hydrogen-bond donors (Lipinski definition) is 2. The fraction of sp³-hybridized carbons (Fsp3) is 0.464. The summed E-state index contributed by atoms with van der Waals surface area (Å²) in [4.78, 5) is 39.3. The number of carbonyl (C=O) groups excluding carboxylic acids is 2. The topological polar surface area (TPSA) is 95.9 Å². The molecule has 1 fully saturated rings. The number of amides is 2. The van der Waals surface area contributed by atoms with Crippen LogP contribution in [-0.4, -0.2) is 53.2 Å². The molecule has 0 bridgehead atoms. The number of carbonyl (C=O) groups is 3. The second-order valence-corrected chi connectivity index (χ2v) is 9.63. The molecule has 4 rings (SSSR count). The van der Waals surface area contributed by atoms with Crippen LogP contribution in [0.5, 0.6) is 0 Å². The minimum Gasteiger partial charge on any atom is -0.480 e. The minimum atomic E-state index is -1.05. The van der Waals surface area contributed by atoms with Crippen LogP contribution >= 0.6 is 0 Å². The summed E-state index contributed by atoms with van der Waals surface area (Å²) in [6.07, 6.45) is 3.52. The molecule has 0 radical (unpaired) electrons. The number of benzene rings is 2. The summed E-state index contributed by atoms with van der Waals surface area (Å²) in [6.45, 7) is 3.63. The molecule has 2 aliphatic rings. The van der Waals surface area contributed by atoms with Crippen molar-refractivity contribution in [2.45, 2.75) is 64.0 Å². The first-order valence-electron chi connectivity index (χ1n) is 12.5. The van der Waals surface area contributed by atoms with Crippen LogP contribution in [0.25, 0.3) is 11.1 Å². The van der Waals surface area contributed by atoms with Gasteiger partial charge < -0.3 is 20.1 Å². The Hall–Kier alpha value is -3.35. The number of aliphatic carboxylic acids is 1. The third kappa shape index (κ3) is 5.34. The Morgan fingerprint density at radius 1 is 1.03 bits per heavy atom. The molecule has 2 aromatic carbocycles. The Kier molecular flexibility index (Phi) is 7.73. The highest BCUT2D eigenvalue weighted by molar-refractivity contribution is 5.88. The molecule has 186 valence electrons. The summed E-state index contributed by atoms with van der Waals surface area (Å²) in [5, 5.41) is 12.2. The van der Waals surface area contributed by atoms with Gasteiger partial charge in [-0.1, -0.05) is 81.6 Å². The van der Waals surface area contributed by atoms with E-state index in [9.17, 15) is 19.5 Å². The molecule has 0 saturated heterocycles. The van der Waals surface area contributed by atoms with Gasteiger partial charge in [-0.3, -0.25) is 9.59 Å². The summed E-state index contributed by atoms with van der Waals surface area (Å²) in [7, 11) is 0. The summed E-state index contributed by atoms with van der Waals surface area (Å²) < 4.78 is 5.66. The number of fused-ring (bicyclic) bond motifs is 3. The number of carboxylic acids is 1. The Balaban J connectivity index is 1.46. The van der Waals surface area contributed by atoms with Gasteiger partial charge in [-0.2, -0.15) is 0 Å². The highest BCUT2D eigenvalue weighted by atomic mass is 16.5.